The summed E-state index contributed by atoms with van der Waals surface area (Å²) >= 11 is 0. The molecule has 0 saturated carbocycles. The molecule has 0 heterocycles. The Bertz CT molecular complexity index is 790. The highest BCUT2D eigenvalue weighted by Crippen LogP contribution is 2.22. The van der Waals surface area contributed by atoms with Crippen molar-refractivity contribution >= 4 is 15.5 Å². The number of rotatable bonds is 3. The molecule has 0 spiro atoms. The van der Waals surface area contributed by atoms with Gasteiger partial charge in [-0.1, -0.05) is 18.2 Å². The highest BCUT2D eigenvalue weighted by atomic mass is 32.2. The average molecular weight is 286 g/mol. The van der Waals surface area contributed by atoms with E-state index >= 15 is 0 Å². The van der Waals surface area contributed by atoms with Crippen LogP contribution in [0.15, 0.2) is 47.4 Å². The molecule has 2 aromatic carbocycles. The van der Waals surface area contributed by atoms with Crippen molar-refractivity contribution < 1.29 is 8.42 Å². The first-order valence-electron chi connectivity index (χ1n) is 6.01. The van der Waals surface area contributed by atoms with Crippen LogP contribution in [-0.2, 0) is 15.6 Å². The fraction of sp³-hybridized carbons (Fsp3) is 0.133. The maximum atomic E-state index is 12.4. The smallest absolute Gasteiger partial charge is 0.182 e. The van der Waals surface area contributed by atoms with Gasteiger partial charge in [0.25, 0.3) is 0 Å². The molecular formula is C15H14N2O2S. The fourth-order valence-corrected chi connectivity index (χ4v) is 3.34. The molecule has 5 heteroatoms. The maximum absolute atomic E-state index is 12.4. The Labute approximate surface area is 118 Å². The summed E-state index contributed by atoms with van der Waals surface area (Å²) in [6.45, 7) is 1.76. The lowest BCUT2D eigenvalue weighted by Gasteiger charge is -2.08. The van der Waals surface area contributed by atoms with E-state index in [0.29, 0.717) is 16.8 Å². The summed E-state index contributed by atoms with van der Waals surface area (Å²) in [7, 11) is -3.49. The van der Waals surface area contributed by atoms with Gasteiger partial charge in [0.1, 0.15) is 0 Å². The Morgan fingerprint density at radius 1 is 1.20 bits per heavy atom. The van der Waals surface area contributed by atoms with Crippen molar-refractivity contribution in [3.8, 4) is 6.07 Å². The van der Waals surface area contributed by atoms with E-state index in [1.807, 2.05) is 6.07 Å². The summed E-state index contributed by atoms with van der Waals surface area (Å²) in [4.78, 5) is 0.219. The van der Waals surface area contributed by atoms with E-state index in [2.05, 4.69) is 0 Å². The van der Waals surface area contributed by atoms with Gasteiger partial charge in [-0.25, -0.2) is 8.42 Å². The number of aryl methyl sites for hydroxylation is 1. The van der Waals surface area contributed by atoms with Crippen molar-refractivity contribution in [3.63, 3.8) is 0 Å². The zero-order valence-electron chi connectivity index (χ0n) is 11.0. The van der Waals surface area contributed by atoms with Gasteiger partial charge in [0.05, 0.1) is 22.3 Å². The van der Waals surface area contributed by atoms with Gasteiger partial charge in [-0.15, -0.1) is 0 Å². The molecule has 0 aliphatic carbocycles. The van der Waals surface area contributed by atoms with Crippen molar-refractivity contribution in [2.75, 3.05) is 5.73 Å². The number of sulfone groups is 1. The van der Waals surface area contributed by atoms with Gasteiger partial charge in [0.2, 0.25) is 0 Å². The van der Waals surface area contributed by atoms with Crippen LogP contribution in [0.4, 0.5) is 5.69 Å². The highest BCUT2D eigenvalue weighted by Gasteiger charge is 2.17. The van der Waals surface area contributed by atoms with Crippen LogP contribution in [0.3, 0.4) is 0 Å². The van der Waals surface area contributed by atoms with Crippen LogP contribution in [0.25, 0.3) is 0 Å². The molecule has 2 rings (SSSR count). The van der Waals surface area contributed by atoms with Crippen LogP contribution >= 0.6 is 0 Å². The molecule has 2 aromatic rings. The zero-order chi connectivity index (χ0) is 14.8. The Morgan fingerprint density at radius 3 is 2.55 bits per heavy atom. The van der Waals surface area contributed by atoms with E-state index in [9.17, 15) is 8.42 Å². The highest BCUT2D eigenvalue weighted by molar-refractivity contribution is 7.90. The number of benzene rings is 2. The van der Waals surface area contributed by atoms with Gasteiger partial charge in [-0.05, 0) is 42.3 Å². The lowest BCUT2D eigenvalue weighted by Crippen LogP contribution is -2.07. The summed E-state index contributed by atoms with van der Waals surface area (Å²) < 4.78 is 24.8. The van der Waals surface area contributed by atoms with Crippen molar-refractivity contribution in [2.24, 2.45) is 0 Å². The minimum atomic E-state index is -3.49. The molecule has 0 bridgehead atoms. The van der Waals surface area contributed by atoms with Crippen molar-refractivity contribution in [2.45, 2.75) is 17.6 Å². The van der Waals surface area contributed by atoms with Crippen LogP contribution in [-0.4, -0.2) is 8.42 Å². The van der Waals surface area contributed by atoms with Crippen LogP contribution in [0, 0.1) is 18.3 Å². The molecular weight excluding hydrogens is 272 g/mol. The maximum Gasteiger partial charge on any atom is 0.182 e. The standard InChI is InChI=1S/C15H14N2O2S/c1-11-8-14(6-7-15(11)17)20(18,19)10-13-5-3-2-4-12(13)9-16/h2-8H,10,17H2,1H3. The molecule has 0 radical (unpaired) electrons. The first-order valence-corrected chi connectivity index (χ1v) is 7.66. The predicted octanol–water partition coefficient (Wildman–Crippen LogP) is 2.42. The third-order valence-corrected chi connectivity index (χ3v) is 4.75. The molecule has 20 heavy (non-hydrogen) atoms. The van der Waals surface area contributed by atoms with Gasteiger partial charge in [0, 0.05) is 5.69 Å². The molecule has 2 N–H and O–H groups in total. The van der Waals surface area contributed by atoms with Crippen molar-refractivity contribution in [1.82, 2.24) is 0 Å². The van der Waals surface area contributed by atoms with Crippen LogP contribution in [0.1, 0.15) is 16.7 Å². The van der Waals surface area contributed by atoms with Gasteiger partial charge in [0.15, 0.2) is 9.84 Å². The number of nitrogens with zero attached hydrogens (tertiary/aromatic N) is 1. The van der Waals surface area contributed by atoms with Gasteiger partial charge >= 0.3 is 0 Å². The predicted molar refractivity (Wildman–Crippen MR) is 77.6 cm³/mol. The van der Waals surface area contributed by atoms with Crippen molar-refractivity contribution in [3.05, 3.63) is 59.2 Å². The molecule has 0 aromatic heterocycles. The van der Waals surface area contributed by atoms with E-state index in [-0.39, 0.29) is 10.6 Å². The molecule has 0 fully saturated rings. The van der Waals surface area contributed by atoms with E-state index in [4.69, 9.17) is 11.0 Å². The van der Waals surface area contributed by atoms with Gasteiger partial charge in [-0.3, -0.25) is 0 Å². The van der Waals surface area contributed by atoms with Gasteiger partial charge < -0.3 is 5.73 Å². The second kappa shape index (κ2) is 5.35. The molecule has 4 nitrogen and oxygen atoms in total. The van der Waals surface area contributed by atoms with E-state index in [1.54, 1.807) is 43.3 Å². The first-order chi connectivity index (χ1) is 9.44. The molecule has 0 unspecified atom stereocenters. The fourth-order valence-electron chi connectivity index (χ4n) is 1.88. The summed E-state index contributed by atoms with van der Waals surface area (Å²) in [5.41, 5.74) is 7.85. The number of hydrogen-bond acceptors (Lipinski definition) is 4. The zero-order valence-corrected chi connectivity index (χ0v) is 11.8. The average Bonchev–Trinajstić information content (AvgIpc) is 2.42. The number of nitriles is 1. The summed E-state index contributed by atoms with van der Waals surface area (Å²) in [6, 6.07) is 13.3. The molecule has 0 amide bonds. The summed E-state index contributed by atoms with van der Waals surface area (Å²) in [5.74, 6) is -0.194. The number of anilines is 1. The minimum absolute atomic E-state index is 0.194. The van der Waals surface area contributed by atoms with Crippen LogP contribution in [0.5, 0.6) is 0 Å². The molecule has 0 aliphatic rings. The first kappa shape index (κ1) is 14.1. The molecule has 0 saturated heterocycles. The SMILES string of the molecule is Cc1cc(S(=O)(=O)Cc2ccccc2C#N)ccc1N. The van der Waals surface area contributed by atoms with Crippen molar-refractivity contribution in [1.29, 1.82) is 5.26 Å². The monoisotopic (exact) mass is 286 g/mol. The Morgan fingerprint density at radius 2 is 1.90 bits per heavy atom. The molecule has 102 valence electrons. The molecule has 0 aliphatic heterocycles. The van der Waals surface area contributed by atoms with Crippen LogP contribution < -0.4 is 5.73 Å². The lowest BCUT2D eigenvalue weighted by atomic mass is 10.1. The van der Waals surface area contributed by atoms with E-state index in [1.165, 1.54) is 6.07 Å². The molecule has 0 atom stereocenters. The lowest BCUT2D eigenvalue weighted by molar-refractivity contribution is 0.595. The normalized spacial score (nSPS) is 11.0. The Balaban J connectivity index is 2.41. The largest absolute Gasteiger partial charge is 0.399 e. The van der Waals surface area contributed by atoms with E-state index < -0.39 is 9.84 Å². The number of hydrogen-bond donors (Lipinski definition) is 1. The number of nitrogen functional groups attached to an aromatic ring is 1. The van der Waals surface area contributed by atoms with E-state index in [0.717, 1.165) is 5.56 Å². The third kappa shape index (κ3) is 2.81. The second-order valence-corrected chi connectivity index (χ2v) is 6.54. The Hall–Kier alpha value is -2.32. The second-order valence-electron chi connectivity index (χ2n) is 4.55. The topological polar surface area (TPSA) is 84.0 Å². The Kier molecular flexibility index (Phi) is 3.77. The summed E-state index contributed by atoms with van der Waals surface area (Å²) in [6.07, 6.45) is 0. The quantitative estimate of drug-likeness (QED) is 0.878. The van der Waals surface area contributed by atoms with Gasteiger partial charge in [-0.2, -0.15) is 5.26 Å². The third-order valence-electron chi connectivity index (χ3n) is 3.08. The number of nitrogens with two attached hydrogens (primary N) is 1. The minimum Gasteiger partial charge on any atom is -0.399 e. The summed E-state index contributed by atoms with van der Waals surface area (Å²) in [5, 5.41) is 9.00. The van der Waals surface area contributed by atoms with Crippen LogP contribution in [0.2, 0.25) is 0 Å².